The van der Waals surface area contributed by atoms with Crippen molar-refractivity contribution in [1.29, 1.82) is 0 Å². The molecule has 0 spiro atoms. The van der Waals surface area contributed by atoms with Crippen molar-refractivity contribution in [3.05, 3.63) is 11.6 Å². The average molecular weight is 225 g/mol. The molecule has 0 unspecified atom stereocenters. The second kappa shape index (κ2) is 4.93. The molecule has 1 heterocycles. The lowest BCUT2D eigenvalue weighted by atomic mass is 9.95. The molecular weight excluding hydrogens is 206 g/mol. The van der Waals surface area contributed by atoms with Crippen LogP contribution < -0.4 is 0 Å². The minimum absolute atomic E-state index is 0.128. The molecule has 2 rings (SSSR count). The number of aryl methyl sites for hydroxylation is 1. The maximum absolute atomic E-state index is 9.38. The van der Waals surface area contributed by atoms with E-state index in [1.54, 1.807) is 0 Å². The molecule has 1 saturated carbocycles. The Labute approximate surface area is 95.4 Å². The monoisotopic (exact) mass is 225 g/mol. The highest BCUT2D eigenvalue weighted by Gasteiger charge is 2.20. The summed E-state index contributed by atoms with van der Waals surface area (Å²) in [5.41, 5.74) is 0. The lowest BCUT2D eigenvalue weighted by Gasteiger charge is -2.25. The number of hydrogen-bond acceptors (Lipinski definition) is 4. The Morgan fingerprint density at radius 2 is 2.00 bits per heavy atom. The van der Waals surface area contributed by atoms with E-state index < -0.39 is 0 Å². The van der Waals surface area contributed by atoms with Gasteiger partial charge in [-0.3, -0.25) is 0 Å². The third-order valence-electron chi connectivity index (χ3n) is 3.27. The second-order valence-electron chi connectivity index (χ2n) is 4.46. The van der Waals surface area contributed by atoms with Crippen molar-refractivity contribution in [3.63, 3.8) is 0 Å². The molecule has 5 heteroatoms. The molecule has 0 radical (unpaired) electrons. The van der Waals surface area contributed by atoms with Gasteiger partial charge in [-0.25, -0.2) is 0 Å². The Bertz CT molecular complexity index is 343. The molecular formula is C11H19N3O2. The number of nitrogens with zero attached hydrogens (tertiary/aromatic N) is 3. The first kappa shape index (κ1) is 11.5. The quantitative estimate of drug-likeness (QED) is 0.831. The first-order chi connectivity index (χ1) is 7.66. The fourth-order valence-electron chi connectivity index (χ4n) is 1.98. The Balaban J connectivity index is 1.81. The van der Waals surface area contributed by atoms with Crippen LogP contribution in [0.3, 0.4) is 0 Å². The van der Waals surface area contributed by atoms with Crippen LogP contribution in [-0.2, 0) is 18.4 Å². The maximum atomic E-state index is 9.38. The Morgan fingerprint density at radius 3 is 2.56 bits per heavy atom. The predicted octanol–water partition coefficient (Wildman–Crippen LogP) is 0.944. The zero-order valence-electron chi connectivity index (χ0n) is 9.89. The summed E-state index contributed by atoms with van der Waals surface area (Å²) >= 11 is 0. The third kappa shape index (κ3) is 2.59. The van der Waals surface area contributed by atoms with Gasteiger partial charge in [0, 0.05) is 7.05 Å². The Kier molecular flexibility index (Phi) is 3.56. The third-order valence-corrected chi connectivity index (χ3v) is 3.27. The van der Waals surface area contributed by atoms with Crippen molar-refractivity contribution in [2.24, 2.45) is 7.05 Å². The van der Waals surface area contributed by atoms with Gasteiger partial charge in [0.25, 0.3) is 0 Å². The molecule has 90 valence electrons. The molecule has 16 heavy (non-hydrogen) atoms. The van der Waals surface area contributed by atoms with E-state index in [1.807, 2.05) is 18.5 Å². The summed E-state index contributed by atoms with van der Waals surface area (Å²) in [7, 11) is 1.94. The lowest BCUT2D eigenvalue weighted by molar-refractivity contribution is -0.0150. The summed E-state index contributed by atoms with van der Waals surface area (Å²) < 4.78 is 7.72. The van der Waals surface area contributed by atoms with E-state index in [9.17, 15) is 5.11 Å². The highest BCUT2D eigenvalue weighted by molar-refractivity contribution is 4.90. The Morgan fingerprint density at radius 1 is 1.31 bits per heavy atom. The normalized spacial score (nSPS) is 25.9. The zero-order chi connectivity index (χ0) is 11.5. The number of rotatable bonds is 3. The van der Waals surface area contributed by atoms with Crippen LogP contribution in [0.15, 0.2) is 0 Å². The van der Waals surface area contributed by atoms with Crippen LogP contribution in [0.2, 0.25) is 0 Å². The van der Waals surface area contributed by atoms with Gasteiger partial charge in [-0.2, -0.15) is 0 Å². The van der Waals surface area contributed by atoms with Gasteiger partial charge in [-0.1, -0.05) is 0 Å². The number of aromatic nitrogens is 3. The fourth-order valence-corrected chi connectivity index (χ4v) is 1.98. The molecule has 0 bridgehead atoms. The molecule has 1 aliphatic rings. The molecule has 0 aromatic carbocycles. The molecule has 1 aromatic heterocycles. The van der Waals surface area contributed by atoms with Crippen molar-refractivity contribution in [2.75, 3.05) is 0 Å². The summed E-state index contributed by atoms with van der Waals surface area (Å²) in [4.78, 5) is 0. The van der Waals surface area contributed by atoms with Crippen molar-refractivity contribution in [1.82, 2.24) is 14.8 Å². The van der Waals surface area contributed by atoms with E-state index in [0.717, 1.165) is 37.3 Å². The number of aliphatic hydroxyl groups is 1. The molecule has 0 aliphatic heterocycles. The second-order valence-corrected chi connectivity index (χ2v) is 4.46. The van der Waals surface area contributed by atoms with Crippen LogP contribution in [-0.4, -0.2) is 32.1 Å². The molecule has 5 nitrogen and oxygen atoms in total. The van der Waals surface area contributed by atoms with Crippen LogP contribution in [0.25, 0.3) is 0 Å². The summed E-state index contributed by atoms with van der Waals surface area (Å²) in [5, 5.41) is 17.4. The molecule has 0 atom stereocenters. The largest absolute Gasteiger partial charge is 0.393 e. The summed E-state index contributed by atoms with van der Waals surface area (Å²) in [6, 6.07) is 0. The van der Waals surface area contributed by atoms with Crippen molar-refractivity contribution in [3.8, 4) is 0 Å². The highest BCUT2D eigenvalue weighted by Crippen LogP contribution is 2.21. The summed E-state index contributed by atoms with van der Waals surface area (Å²) in [6.45, 7) is 2.44. The van der Waals surface area contributed by atoms with Gasteiger partial charge in [0.1, 0.15) is 12.4 Å². The molecule has 0 amide bonds. The van der Waals surface area contributed by atoms with Gasteiger partial charge in [0.2, 0.25) is 0 Å². The standard InChI is InChI=1S/C11H19N3O2/c1-8-12-13-11(14(8)2)7-16-10-5-3-9(15)4-6-10/h9-10,15H,3-7H2,1-2H3. The van der Waals surface area contributed by atoms with E-state index in [0.29, 0.717) is 6.61 Å². The first-order valence-electron chi connectivity index (χ1n) is 5.81. The minimum Gasteiger partial charge on any atom is -0.393 e. The van der Waals surface area contributed by atoms with Gasteiger partial charge >= 0.3 is 0 Å². The van der Waals surface area contributed by atoms with Crippen LogP contribution in [0.5, 0.6) is 0 Å². The van der Waals surface area contributed by atoms with E-state index >= 15 is 0 Å². The predicted molar refractivity (Wildman–Crippen MR) is 58.8 cm³/mol. The topological polar surface area (TPSA) is 60.2 Å². The zero-order valence-corrected chi connectivity index (χ0v) is 9.89. The number of ether oxygens (including phenoxy) is 1. The molecule has 1 N–H and O–H groups in total. The average Bonchev–Trinajstić information content (AvgIpc) is 2.60. The highest BCUT2D eigenvalue weighted by atomic mass is 16.5. The SMILES string of the molecule is Cc1nnc(COC2CCC(O)CC2)n1C. The van der Waals surface area contributed by atoms with E-state index in [2.05, 4.69) is 10.2 Å². The van der Waals surface area contributed by atoms with Crippen molar-refractivity contribution in [2.45, 2.75) is 51.4 Å². The van der Waals surface area contributed by atoms with Gasteiger partial charge in [-0.15, -0.1) is 10.2 Å². The van der Waals surface area contributed by atoms with Crippen LogP contribution in [0.1, 0.15) is 37.3 Å². The molecule has 0 saturated heterocycles. The van der Waals surface area contributed by atoms with Crippen LogP contribution in [0.4, 0.5) is 0 Å². The molecule has 1 fully saturated rings. The molecule has 1 aliphatic carbocycles. The fraction of sp³-hybridized carbons (Fsp3) is 0.818. The Hall–Kier alpha value is -0.940. The summed E-state index contributed by atoms with van der Waals surface area (Å²) in [6.07, 6.45) is 3.72. The van der Waals surface area contributed by atoms with Crippen molar-refractivity contribution >= 4 is 0 Å². The first-order valence-corrected chi connectivity index (χ1v) is 5.81. The van der Waals surface area contributed by atoms with E-state index in [4.69, 9.17) is 4.74 Å². The van der Waals surface area contributed by atoms with Gasteiger partial charge in [0.05, 0.1) is 12.2 Å². The van der Waals surface area contributed by atoms with Crippen LogP contribution >= 0.6 is 0 Å². The minimum atomic E-state index is -0.128. The van der Waals surface area contributed by atoms with Gasteiger partial charge in [0.15, 0.2) is 5.82 Å². The van der Waals surface area contributed by atoms with Crippen molar-refractivity contribution < 1.29 is 9.84 Å². The van der Waals surface area contributed by atoms with E-state index in [-0.39, 0.29) is 12.2 Å². The van der Waals surface area contributed by atoms with Crippen LogP contribution in [0, 0.1) is 6.92 Å². The molecule has 1 aromatic rings. The van der Waals surface area contributed by atoms with E-state index in [1.165, 1.54) is 0 Å². The smallest absolute Gasteiger partial charge is 0.158 e. The maximum Gasteiger partial charge on any atom is 0.158 e. The lowest BCUT2D eigenvalue weighted by Crippen LogP contribution is -2.24. The number of aliphatic hydroxyl groups excluding tert-OH is 1. The van der Waals surface area contributed by atoms with Gasteiger partial charge < -0.3 is 14.4 Å². The number of hydrogen-bond donors (Lipinski definition) is 1. The summed E-state index contributed by atoms with van der Waals surface area (Å²) in [5.74, 6) is 1.77. The van der Waals surface area contributed by atoms with Gasteiger partial charge in [-0.05, 0) is 32.6 Å².